The van der Waals surface area contributed by atoms with Gasteiger partial charge in [-0.25, -0.2) is 0 Å². The second kappa shape index (κ2) is 4.18. The molecule has 0 N–H and O–H groups in total. The third kappa shape index (κ3) is 2.59. The summed E-state index contributed by atoms with van der Waals surface area (Å²) in [6, 6.07) is 0. The number of rotatable bonds is 2. The molecule has 53 valence electrons. The Morgan fingerprint density at radius 2 is 2.11 bits per heavy atom. The molecule has 1 heterocycles. The van der Waals surface area contributed by atoms with E-state index in [9.17, 15) is 0 Å². The molecule has 0 aromatic carbocycles. The largest absolute Gasteiger partial charge is 0.297 e. The first-order valence-corrected chi connectivity index (χ1v) is 4.74. The van der Waals surface area contributed by atoms with Crippen LogP contribution in [-0.2, 0) is 0 Å². The van der Waals surface area contributed by atoms with Crippen LogP contribution >= 0.6 is 11.8 Å². The van der Waals surface area contributed by atoms with Crippen molar-refractivity contribution in [2.24, 2.45) is 0 Å². The Bertz CT molecular complexity index is 66.6. The van der Waals surface area contributed by atoms with Gasteiger partial charge in [-0.1, -0.05) is 6.92 Å². The lowest BCUT2D eigenvalue weighted by Gasteiger charge is -2.24. The summed E-state index contributed by atoms with van der Waals surface area (Å²) in [6.07, 6.45) is 1.19. The molecule has 1 rings (SSSR count). The Balaban J connectivity index is 2.08. The molecule has 0 aliphatic carbocycles. The highest BCUT2D eigenvalue weighted by Crippen LogP contribution is 2.10. The maximum atomic E-state index is 2.43. The number of thioether (sulfide) groups is 1. The van der Waals surface area contributed by atoms with Crippen molar-refractivity contribution in [2.75, 3.05) is 24.6 Å². The van der Waals surface area contributed by atoms with Crippen molar-refractivity contribution in [1.82, 2.24) is 4.90 Å². The zero-order valence-corrected chi connectivity index (χ0v) is 6.78. The Kier molecular flexibility index (Phi) is 3.44. The molecule has 9 heavy (non-hydrogen) atoms. The van der Waals surface area contributed by atoms with Crippen molar-refractivity contribution in [2.45, 2.75) is 13.3 Å². The van der Waals surface area contributed by atoms with E-state index in [4.69, 9.17) is 0 Å². The summed E-state index contributed by atoms with van der Waals surface area (Å²) in [6.45, 7) is 7.03. The van der Waals surface area contributed by atoms with Gasteiger partial charge in [0.15, 0.2) is 0 Å². The molecule has 0 spiro atoms. The summed E-state index contributed by atoms with van der Waals surface area (Å²) in [7, 11) is 0. The molecule has 0 bridgehead atoms. The standard InChI is InChI=1S/C7H14NS/c1-2-3-8-4-6-9-7-5-8/h3H,2,4-7H2,1H3. The molecule has 1 nitrogen and oxygen atoms in total. The van der Waals surface area contributed by atoms with Crippen molar-refractivity contribution in [3.8, 4) is 0 Å². The van der Waals surface area contributed by atoms with Crippen LogP contribution in [0.3, 0.4) is 0 Å². The second-order valence-corrected chi connectivity index (χ2v) is 3.46. The summed E-state index contributed by atoms with van der Waals surface area (Å²) >= 11 is 2.06. The van der Waals surface area contributed by atoms with Gasteiger partial charge >= 0.3 is 0 Å². The molecule has 1 saturated heterocycles. The molecule has 1 radical (unpaired) electrons. The van der Waals surface area contributed by atoms with Crippen LogP contribution in [0.5, 0.6) is 0 Å². The molecule has 1 aliphatic heterocycles. The van der Waals surface area contributed by atoms with E-state index in [0.29, 0.717) is 0 Å². The topological polar surface area (TPSA) is 3.24 Å². The maximum absolute atomic E-state index is 2.43. The average Bonchev–Trinajstić information content (AvgIpc) is 1.91. The van der Waals surface area contributed by atoms with Gasteiger partial charge in [0.05, 0.1) is 0 Å². The fourth-order valence-electron chi connectivity index (χ4n) is 1.02. The van der Waals surface area contributed by atoms with E-state index in [1.165, 1.54) is 31.0 Å². The van der Waals surface area contributed by atoms with Gasteiger partial charge in [0.25, 0.3) is 0 Å². The molecule has 0 amide bonds. The van der Waals surface area contributed by atoms with Gasteiger partial charge in [-0.15, -0.1) is 0 Å². The van der Waals surface area contributed by atoms with Gasteiger partial charge in [0, 0.05) is 31.1 Å². The first-order valence-electron chi connectivity index (χ1n) is 3.58. The Morgan fingerprint density at radius 1 is 1.44 bits per heavy atom. The smallest absolute Gasteiger partial charge is 0.0249 e. The van der Waals surface area contributed by atoms with Crippen LogP contribution in [0.2, 0.25) is 0 Å². The minimum Gasteiger partial charge on any atom is -0.297 e. The second-order valence-electron chi connectivity index (χ2n) is 2.24. The molecule has 1 fully saturated rings. The molecule has 2 heteroatoms. The van der Waals surface area contributed by atoms with Crippen molar-refractivity contribution in [3.63, 3.8) is 0 Å². The van der Waals surface area contributed by atoms with E-state index < -0.39 is 0 Å². The fraction of sp³-hybridized carbons (Fsp3) is 0.857. The third-order valence-corrected chi connectivity index (χ3v) is 2.43. The van der Waals surface area contributed by atoms with Crippen molar-refractivity contribution in [1.29, 1.82) is 0 Å². The molecule has 0 aromatic heterocycles. The number of hydrogen-bond acceptors (Lipinski definition) is 2. The van der Waals surface area contributed by atoms with Gasteiger partial charge < -0.3 is 0 Å². The summed E-state index contributed by atoms with van der Waals surface area (Å²) < 4.78 is 0. The van der Waals surface area contributed by atoms with Crippen LogP contribution in [0.4, 0.5) is 0 Å². The highest BCUT2D eigenvalue weighted by molar-refractivity contribution is 7.99. The van der Waals surface area contributed by atoms with Crippen molar-refractivity contribution in [3.05, 3.63) is 6.54 Å². The van der Waals surface area contributed by atoms with Gasteiger partial charge in [-0.3, -0.25) is 4.90 Å². The first kappa shape index (κ1) is 7.42. The van der Waals surface area contributed by atoms with Crippen molar-refractivity contribution >= 4 is 11.8 Å². The summed E-state index contributed by atoms with van der Waals surface area (Å²) in [4.78, 5) is 2.43. The molecular formula is C7H14NS. The first-order chi connectivity index (χ1) is 4.43. The lowest BCUT2D eigenvalue weighted by molar-refractivity contribution is 0.361. The summed E-state index contributed by atoms with van der Waals surface area (Å²) in [5.74, 6) is 2.63. The zero-order chi connectivity index (χ0) is 6.53. The van der Waals surface area contributed by atoms with Crippen LogP contribution in [0.15, 0.2) is 0 Å². The van der Waals surface area contributed by atoms with E-state index in [1.807, 2.05) is 0 Å². The maximum Gasteiger partial charge on any atom is 0.0249 e. The average molecular weight is 144 g/mol. The fourth-order valence-corrected chi connectivity index (χ4v) is 1.95. The molecular weight excluding hydrogens is 130 g/mol. The van der Waals surface area contributed by atoms with E-state index in [-0.39, 0.29) is 0 Å². The third-order valence-electron chi connectivity index (χ3n) is 1.49. The van der Waals surface area contributed by atoms with E-state index in [0.717, 1.165) is 0 Å². The quantitative estimate of drug-likeness (QED) is 0.579. The Morgan fingerprint density at radius 3 is 2.67 bits per heavy atom. The van der Waals surface area contributed by atoms with Crippen molar-refractivity contribution < 1.29 is 0 Å². The monoisotopic (exact) mass is 144 g/mol. The molecule has 0 atom stereocenters. The predicted molar refractivity (Wildman–Crippen MR) is 43.5 cm³/mol. The Labute approximate surface area is 61.8 Å². The van der Waals surface area contributed by atoms with Crippen LogP contribution in [0.1, 0.15) is 13.3 Å². The van der Waals surface area contributed by atoms with Gasteiger partial charge in [-0.2, -0.15) is 11.8 Å². The summed E-state index contributed by atoms with van der Waals surface area (Å²) in [5.41, 5.74) is 0. The molecule has 0 saturated carbocycles. The van der Waals surface area contributed by atoms with Crippen LogP contribution in [0.25, 0.3) is 0 Å². The number of hydrogen-bond donors (Lipinski definition) is 0. The molecule has 0 unspecified atom stereocenters. The lowest BCUT2D eigenvalue weighted by atomic mass is 10.4. The SMILES string of the molecule is CC[CH]N1CCSCC1. The zero-order valence-electron chi connectivity index (χ0n) is 5.97. The molecule has 1 aliphatic rings. The predicted octanol–water partition coefficient (Wildman–Crippen LogP) is 1.61. The minimum atomic E-state index is 1.19. The van der Waals surface area contributed by atoms with Gasteiger partial charge in [0.2, 0.25) is 0 Å². The van der Waals surface area contributed by atoms with Crippen LogP contribution < -0.4 is 0 Å². The normalized spacial score (nSPS) is 22.3. The van der Waals surface area contributed by atoms with Gasteiger partial charge in [0.1, 0.15) is 0 Å². The van der Waals surface area contributed by atoms with E-state index >= 15 is 0 Å². The Hall–Kier alpha value is 0.310. The number of nitrogens with zero attached hydrogens (tertiary/aromatic N) is 1. The van der Waals surface area contributed by atoms with Gasteiger partial charge in [-0.05, 0) is 6.42 Å². The summed E-state index contributed by atoms with van der Waals surface area (Å²) in [5, 5.41) is 0. The minimum absolute atomic E-state index is 1.19. The van der Waals surface area contributed by atoms with E-state index in [2.05, 4.69) is 30.1 Å². The lowest BCUT2D eigenvalue weighted by Crippen LogP contribution is -2.29. The van der Waals surface area contributed by atoms with Crippen LogP contribution in [-0.4, -0.2) is 29.5 Å². The highest BCUT2D eigenvalue weighted by atomic mass is 32.2. The molecule has 0 aromatic rings. The van der Waals surface area contributed by atoms with Crippen LogP contribution in [0, 0.1) is 6.54 Å². The highest BCUT2D eigenvalue weighted by Gasteiger charge is 2.07. The van der Waals surface area contributed by atoms with E-state index in [1.54, 1.807) is 0 Å².